The number of rotatable bonds is 3. The summed E-state index contributed by atoms with van der Waals surface area (Å²) >= 11 is 6.42. The molecular weight excluding hydrogens is 453 g/mol. The van der Waals surface area contributed by atoms with Crippen LogP contribution in [0.1, 0.15) is 54.0 Å². The summed E-state index contributed by atoms with van der Waals surface area (Å²) in [7, 11) is 1.61. The van der Waals surface area contributed by atoms with Crippen molar-refractivity contribution in [3.8, 4) is 0 Å². The van der Waals surface area contributed by atoms with Crippen molar-refractivity contribution >= 4 is 28.1 Å². The maximum Gasteiger partial charge on any atom is 0.419 e. The van der Waals surface area contributed by atoms with Crippen LogP contribution in [0.3, 0.4) is 0 Å². The average Bonchev–Trinajstić information content (AvgIpc) is 2.75. The van der Waals surface area contributed by atoms with Crippen molar-refractivity contribution in [3.63, 3.8) is 0 Å². The first-order valence-corrected chi connectivity index (χ1v) is 11.2. The summed E-state index contributed by atoms with van der Waals surface area (Å²) in [6, 6.07) is 6.58. The molecule has 0 radical (unpaired) electrons. The van der Waals surface area contributed by atoms with E-state index in [1.807, 2.05) is 20.8 Å². The molecule has 0 saturated heterocycles. The van der Waals surface area contributed by atoms with E-state index in [0.717, 1.165) is 16.7 Å². The Morgan fingerprint density at radius 3 is 2.55 bits per heavy atom. The first-order chi connectivity index (χ1) is 15.4. The lowest BCUT2D eigenvalue weighted by molar-refractivity contribution is -0.272. The molecule has 1 heterocycles. The molecule has 176 valence electrons. The van der Waals surface area contributed by atoms with E-state index in [2.05, 4.69) is 5.32 Å². The normalized spacial score (nSPS) is 22.9. The second-order valence-electron chi connectivity index (χ2n) is 8.92. The maximum atomic E-state index is 14.4. The molecule has 2 aromatic carbocycles. The zero-order valence-electron chi connectivity index (χ0n) is 18.8. The zero-order valence-corrected chi connectivity index (χ0v) is 19.6. The first kappa shape index (κ1) is 23.6. The second-order valence-corrected chi connectivity index (χ2v) is 9.33. The number of aryl methyl sites for hydroxylation is 1. The van der Waals surface area contributed by atoms with Crippen LogP contribution in [0.5, 0.6) is 0 Å². The number of halogens is 4. The third-order valence-corrected chi connectivity index (χ3v) is 7.47. The molecule has 0 saturated carbocycles. The van der Waals surface area contributed by atoms with Crippen LogP contribution in [0.25, 0.3) is 10.8 Å². The standard InChI is InChI=1S/C25H26ClF3N2O2/c1-5-15-12-24(33,25(27,28)29)22(18-11-19(26)13(2)14(3)21(15)18)30-20-8-6-7-17-16(20)9-10-31(4)23(17)32/h6-11,15,22,30,33H,5,12H2,1-4H3. The van der Waals surface area contributed by atoms with Crippen molar-refractivity contribution in [1.29, 1.82) is 0 Å². The van der Waals surface area contributed by atoms with Crippen LogP contribution in [0.2, 0.25) is 5.02 Å². The Labute approximate surface area is 195 Å². The average molecular weight is 479 g/mol. The monoisotopic (exact) mass is 478 g/mol. The lowest BCUT2D eigenvalue weighted by Crippen LogP contribution is -2.55. The van der Waals surface area contributed by atoms with E-state index in [1.165, 1.54) is 4.57 Å². The molecule has 4 nitrogen and oxygen atoms in total. The van der Waals surface area contributed by atoms with E-state index < -0.39 is 30.2 Å². The molecule has 3 aromatic rings. The Hall–Kier alpha value is -2.51. The molecule has 1 aliphatic rings. The van der Waals surface area contributed by atoms with Gasteiger partial charge in [-0.3, -0.25) is 4.79 Å². The largest absolute Gasteiger partial charge is 0.419 e. The summed E-state index contributed by atoms with van der Waals surface area (Å²) in [5.74, 6) is -0.472. The predicted molar refractivity (Wildman–Crippen MR) is 125 cm³/mol. The van der Waals surface area contributed by atoms with Gasteiger partial charge in [-0.25, -0.2) is 0 Å². The van der Waals surface area contributed by atoms with Gasteiger partial charge in [0.05, 0.1) is 6.04 Å². The van der Waals surface area contributed by atoms with Crippen LogP contribution in [0.4, 0.5) is 18.9 Å². The number of pyridine rings is 1. The summed E-state index contributed by atoms with van der Waals surface area (Å²) in [5, 5.41) is 15.4. The second kappa shape index (κ2) is 8.06. The number of alkyl halides is 3. The third-order valence-electron chi connectivity index (χ3n) is 7.08. The van der Waals surface area contributed by atoms with Crippen LogP contribution in [-0.4, -0.2) is 21.5 Å². The van der Waals surface area contributed by atoms with Gasteiger partial charge < -0.3 is 15.0 Å². The topological polar surface area (TPSA) is 54.3 Å². The fourth-order valence-electron chi connectivity index (χ4n) is 5.04. The molecule has 3 atom stereocenters. The van der Waals surface area contributed by atoms with E-state index in [1.54, 1.807) is 43.6 Å². The van der Waals surface area contributed by atoms with Crippen molar-refractivity contribution in [2.75, 3.05) is 5.32 Å². The number of aromatic nitrogens is 1. The minimum absolute atomic E-state index is 0.258. The molecule has 1 aliphatic carbocycles. The molecule has 4 rings (SSSR count). The molecule has 1 aromatic heterocycles. The number of hydrogen-bond acceptors (Lipinski definition) is 3. The van der Waals surface area contributed by atoms with Gasteiger partial charge in [0, 0.05) is 34.7 Å². The van der Waals surface area contributed by atoms with Gasteiger partial charge in [-0.2, -0.15) is 13.2 Å². The Balaban J connectivity index is 1.98. The van der Waals surface area contributed by atoms with Crippen LogP contribution < -0.4 is 10.9 Å². The zero-order chi connectivity index (χ0) is 24.3. The molecule has 8 heteroatoms. The molecule has 0 amide bonds. The van der Waals surface area contributed by atoms with E-state index in [9.17, 15) is 23.1 Å². The van der Waals surface area contributed by atoms with Crippen LogP contribution >= 0.6 is 11.6 Å². The highest BCUT2D eigenvalue weighted by atomic mass is 35.5. The molecule has 33 heavy (non-hydrogen) atoms. The Morgan fingerprint density at radius 2 is 1.91 bits per heavy atom. The van der Waals surface area contributed by atoms with E-state index in [0.29, 0.717) is 33.5 Å². The number of hydrogen-bond donors (Lipinski definition) is 2. The predicted octanol–water partition coefficient (Wildman–Crippen LogP) is 6.15. The van der Waals surface area contributed by atoms with Crippen molar-refractivity contribution in [2.45, 2.75) is 57.3 Å². The highest BCUT2D eigenvalue weighted by Crippen LogP contribution is 2.55. The minimum atomic E-state index is -4.89. The van der Waals surface area contributed by atoms with Crippen LogP contribution in [0.15, 0.2) is 41.3 Å². The minimum Gasteiger partial charge on any atom is -0.379 e. The molecule has 0 fully saturated rings. The lowest BCUT2D eigenvalue weighted by Gasteiger charge is -2.46. The Morgan fingerprint density at radius 1 is 1.21 bits per heavy atom. The number of fused-ring (bicyclic) bond motifs is 2. The summed E-state index contributed by atoms with van der Waals surface area (Å²) in [5.41, 5.74) is -0.150. The van der Waals surface area contributed by atoms with Crippen molar-refractivity contribution in [1.82, 2.24) is 4.57 Å². The fraction of sp³-hybridized carbons (Fsp3) is 0.400. The van der Waals surface area contributed by atoms with Gasteiger partial charge in [0.15, 0.2) is 5.60 Å². The molecule has 0 aliphatic heterocycles. The lowest BCUT2D eigenvalue weighted by atomic mass is 9.68. The number of aliphatic hydroxyl groups is 1. The number of nitrogens with zero attached hydrogens (tertiary/aromatic N) is 1. The SMILES string of the molecule is CCC1CC(O)(C(F)(F)F)C(Nc2cccc3c(=O)n(C)ccc23)c2cc(Cl)c(C)c(C)c21. The molecule has 0 bridgehead atoms. The highest BCUT2D eigenvalue weighted by molar-refractivity contribution is 6.31. The summed E-state index contributed by atoms with van der Waals surface area (Å²) in [4.78, 5) is 12.6. The molecule has 0 spiro atoms. The van der Waals surface area contributed by atoms with Gasteiger partial charge in [-0.15, -0.1) is 0 Å². The summed E-state index contributed by atoms with van der Waals surface area (Å²) < 4.78 is 44.7. The van der Waals surface area contributed by atoms with E-state index in [-0.39, 0.29) is 5.56 Å². The molecule has 2 N–H and O–H groups in total. The van der Waals surface area contributed by atoms with Crippen molar-refractivity contribution in [2.24, 2.45) is 7.05 Å². The summed E-state index contributed by atoms with van der Waals surface area (Å²) in [6.45, 7) is 5.53. The van der Waals surface area contributed by atoms with Gasteiger partial charge in [0.1, 0.15) is 0 Å². The van der Waals surface area contributed by atoms with Crippen molar-refractivity contribution in [3.05, 3.63) is 74.2 Å². The first-order valence-electron chi connectivity index (χ1n) is 10.8. The Bertz CT molecular complexity index is 1300. The van der Waals surface area contributed by atoms with E-state index >= 15 is 0 Å². The number of nitrogens with one attached hydrogen (secondary N) is 1. The highest BCUT2D eigenvalue weighted by Gasteiger charge is 2.62. The Kier molecular flexibility index (Phi) is 5.78. The van der Waals surface area contributed by atoms with Gasteiger partial charge >= 0.3 is 6.18 Å². The summed E-state index contributed by atoms with van der Waals surface area (Å²) in [6.07, 6.45) is -3.34. The van der Waals surface area contributed by atoms with Crippen LogP contribution in [-0.2, 0) is 7.05 Å². The quantitative estimate of drug-likeness (QED) is 0.474. The van der Waals surface area contributed by atoms with Crippen molar-refractivity contribution < 1.29 is 18.3 Å². The number of anilines is 1. The van der Waals surface area contributed by atoms with Gasteiger partial charge in [-0.05, 0) is 79.1 Å². The van der Waals surface area contributed by atoms with Gasteiger partial charge in [-0.1, -0.05) is 24.6 Å². The third kappa shape index (κ3) is 3.62. The number of benzene rings is 2. The smallest absolute Gasteiger partial charge is 0.379 e. The van der Waals surface area contributed by atoms with E-state index in [4.69, 9.17) is 11.6 Å². The fourth-order valence-corrected chi connectivity index (χ4v) is 5.29. The van der Waals surface area contributed by atoms with Gasteiger partial charge in [0.25, 0.3) is 5.56 Å². The van der Waals surface area contributed by atoms with Gasteiger partial charge in [0.2, 0.25) is 0 Å². The molecule has 3 unspecified atom stereocenters. The molecular formula is C25H26ClF3N2O2. The van der Waals surface area contributed by atoms with Crippen LogP contribution in [0, 0.1) is 13.8 Å². The maximum absolute atomic E-state index is 14.4.